The first-order valence-electron chi connectivity index (χ1n) is 4.90. The summed E-state index contributed by atoms with van der Waals surface area (Å²) in [5.41, 5.74) is 2.44. The quantitative estimate of drug-likeness (QED) is 0.739. The van der Waals surface area contributed by atoms with Crippen LogP contribution in [0.2, 0.25) is 5.02 Å². The fraction of sp³-hybridized carbons (Fsp3) is 0.0769. The Bertz CT molecular complexity index is 502. The third-order valence-electron chi connectivity index (χ3n) is 2.31. The molecule has 1 heterocycles. The Labute approximate surface area is 98.9 Å². The van der Waals surface area contributed by atoms with E-state index in [1.165, 1.54) is 6.92 Å². The number of pyridine rings is 1. The largest absolute Gasteiger partial charge is 0.294 e. The number of carbonyl (C=O) groups is 1. The van der Waals surface area contributed by atoms with Gasteiger partial charge in [-0.25, -0.2) is 0 Å². The Hall–Kier alpha value is -1.67. The zero-order valence-electron chi connectivity index (χ0n) is 8.77. The van der Waals surface area contributed by atoms with Crippen LogP contribution in [0.25, 0.3) is 11.3 Å². The highest BCUT2D eigenvalue weighted by Crippen LogP contribution is 2.19. The highest BCUT2D eigenvalue weighted by Gasteiger charge is 2.02. The number of benzene rings is 1. The van der Waals surface area contributed by atoms with E-state index in [1.807, 2.05) is 30.3 Å². The smallest absolute Gasteiger partial charge is 0.161 e. The van der Waals surface area contributed by atoms with Crippen molar-refractivity contribution in [3.05, 3.63) is 53.2 Å². The van der Waals surface area contributed by atoms with Gasteiger partial charge in [0.25, 0.3) is 0 Å². The van der Waals surface area contributed by atoms with Crippen LogP contribution in [-0.4, -0.2) is 10.8 Å². The summed E-state index contributed by atoms with van der Waals surface area (Å²) in [5.74, 6) is 0.0233. The van der Waals surface area contributed by atoms with E-state index in [9.17, 15) is 4.79 Å². The third-order valence-corrected chi connectivity index (χ3v) is 2.56. The topological polar surface area (TPSA) is 30.0 Å². The van der Waals surface area contributed by atoms with E-state index >= 15 is 0 Å². The first-order valence-corrected chi connectivity index (χ1v) is 5.27. The number of aromatic nitrogens is 1. The Morgan fingerprint density at radius 3 is 2.31 bits per heavy atom. The second-order valence-corrected chi connectivity index (χ2v) is 3.93. The lowest BCUT2D eigenvalue weighted by molar-refractivity contribution is 0.101. The number of carbonyl (C=O) groups excluding carboxylic acids is 1. The fourth-order valence-electron chi connectivity index (χ4n) is 1.39. The van der Waals surface area contributed by atoms with Gasteiger partial charge in [0.2, 0.25) is 0 Å². The van der Waals surface area contributed by atoms with Crippen LogP contribution in [0, 0.1) is 0 Å². The SMILES string of the molecule is CC(=O)c1ccc(-c2ccc(Cl)cc2)nc1. The van der Waals surface area contributed by atoms with Crippen molar-refractivity contribution >= 4 is 17.4 Å². The van der Waals surface area contributed by atoms with Crippen molar-refractivity contribution in [3.8, 4) is 11.3 Å². The van der Waals surface area contributed by atoms with Crippen molar-refractivity contribution in [1.82, 2.24) is 4.98 Å². The van der Waals surface area contributed by atoms with Crippen molar-refractivity contribution in [1.29, 1.82) is 0 Å². The highest BCUT2D eigenvalue weighted by molar-refractivity contribution is 6.30. The van der Waals surface area contributed by atoms with Crippen LogP contribution >= 0.6 is 11.6 Å². The lowest BCUT2D eigenvalue weighted by atomic mass is 10.1. The number of Topliss-reactive ketones (excluding diaryl/α,β-unsaturated/α-hetero) is 1. The van der Waals surface area contributed by atoms with Gasteiger partial charge in [-0.1, -0.05) is 23.7 Å². The van der Waals surface area contributed by atoms with Crippen molar-refractivity contribution in [2.75, 3.05) is 0 Å². The van der Waals surface area contributed by atoms with Gasteiger partial charge in [0, 0.05) is 22.3 Å². The Morgan fingerprint density at radius 1 is 1.12 bits per heavy atom. The number of ketones is 1. The molecule has 1 aromatic carbocycles. The predicted molar refractivity (Wildman–Crippen MR) is 64.7 cm³/mol. The van der Waals surface area contributed by atoms with Gasteiger partial charge >= 0.3 is 0 Å². The second-order valence-electron chi connectivity index (χ2n) is 3.50. The minimum Gasteiger partial charge on any atom is -0.294 e. The van der Waals surface area contributed by atoms with E-state index in [-0.39, 0.29) is 5.78 Å². The monoisotopic (exact) mass is 231 g/mol. The predicted octanol–water partition coefficient (Wildman–Crippen LogP) is 3.60. The highest BCUT2D eigenvalue weighted by atomic mass is 35.5. The summed E-state index contributed by atoms with van der Waals surface area (Å²) in [6, 6.07) is 11.0. The van der Waals surface area contributed by atoms with Gasteiger partial charge in [0.15, 0.2) is 5.78 Å². The van der Waals surface area contributed by atoms with E-state index in [2.05, 4.69) is 4.98 Å². The molecule has 0 aliphatic heterocycles. The number of rotatable bonds is 2. The van der Waals surface area contributed by atoms with E-state index < -0.39 is 0 Å². The summed E-state index contributed by atoms with van der Waals surface area (Å²) in [7, 11) is 0. The molecular weight excluding hydrogens is 222 g/mol. The molecule has 0 saturated carbocycles. The average Bonchev–Trinajstić information content (AvgIpc) is 2.30. The lowest BCUT2D eigenvalue weighted by Gasteiger charge is -2.01. The number of halogens is 1. The van der Waals surface area contributed by atoms with Crippen LogP contribution < -0.4 is 0 Å². The molecule has 0 unspecified atom stereocenters. The molecule has 2 rings (SSSR count). The molecule has 0 aliphatic carbocycles. The summed E-state index contributed by atoms with van der Waals surface area (Å²) in [4.78, 5) is 15.3. The van der Waals surface area contributed by atoms with Gasteiger partial charge in [0.05, 0.1) is 5.69 Å². The summed E-state index contributed by atoms with van der Waals surface area (Å²) in [5, 5.41) is 0.698. The van der Waals surface area contributed by atoms with Gasteiger partial charge in [-0.2, -0.15) is 0 Å². The number of hydrogen-bond donors (Lipinski definition) is 0. The molecule has 0 aliphatic rings. The number of nitrogens with zero attached hydrogens (tertiary/aromatic N) is 1. The van der Waals surface area contributed by atoms with Gasteiger partial charge < -0.3 is 0 Å². The average molecular weight is 232 g/mol. The molecule has 0 spiro atoms. The van der Waals surface area contributed by atoms with Gasteiger partial charge in [0.1, 0.15) is 0 Å². The van der Waals surface area contributed by atoms with Crippen LogP contribution in [0.4, 0.5) is 0 Å². The van der Waals surface area contributed by atoms with Gasteiger partial charge in [-0.3, -0.25) is 9.78 Å². The molecule has 80 valence electrons. The zero-order chi connectivity index (χ0) is 11.5. The fourth-order valence-corrected chi connectivity index (χ4v) is 1.52. The van der Waals surface area contributed by atoms with Crippen LogP contribution in [-0.2, 0) is 0 Å². The molecule has 0 atom stereocenters. The maximum Gasteiger partial charge on any atom is 0.161 e. The molecule has 16 heavy (non-hydrogen) atoms. The maximum atomic E-state index is 11.1. The van der Waals surface area contributed by atoms with Crippen LogP contribution in [0.3, 0.4) is 0 Å². The Morgan fingerprint density at radius 2 is 1.81 bits per heavy atom. The number of hydrogen-bond acceptors (Lipinski definition) is 2. The third kappa shape index (κ3) is 2.28. The summed E-state index contributed by atoms with van der Waals surface area (Å²) in [6.07, 6.45) is 1.59. The van der Waals surface area contributed by atoms with Crippen molar-refractivity contribution < 1.29 is 4.79 Å². The zero-order valence-corrected chi connectivity index (χ0v) is 9.53. The van der Waals surface area contributed by atoms with E-state index in [1.54, 1.807) is 12.3 Å². The normalized spacial score (nSPS) is 10.1. The minimum absolute atomic E-state index is 0.0233. The molecule has 2 aromatic rings. The van der Waals surface area contributed by atoms with E-state index in [0.717, 1.165) is 11.3 Å². The molecule has 0 fully saturated rings. The molecule has 3 heteroatoms. The standard InChI is InChI=1S/C13H10ClNO/c1-9(16)11-4-7-13(15-8-11)10-2-5-12(14)6-3-10/h2-8H,1H3. The molecule has 0 amide bonds. The second kappa shape index (κ2) is 4.45. The first-order chi connectivity index (χ1) is 7.66. The summed E-state index contributed by atoms with van der Waals surface area (Å²) < 4.78 is 0. The van der Waals surface area contributed by atoms with Crippen molar-refractivity contribution in [3.63, 3.8) is 0 Å². The Kier molecular flexibility index (Phi) is 3.02. The van der Waals surface area contributed by atoms with Crippen molar-refractivity contribution in [2.24, 2.45) is 0 Å². The molecule has 0 saturated heterocycles. The van der Waals surface area contributed by atoms with Crippen molar-refractivity contribution in [2.45, 2.75) is 6.92 Å². The Balaban J connectivity index is 2.34. The molecule has 1 aromatic heterocycles. The lowest BCUT2D eigenvalue weighted by Crippen LogP contribution is -1.93. The minimum atomic E-state index is 0.0233. The van der Waals surface area contributed by atoms with Crippen LogP contribution in [0.5, 0.6) is 0 Å². The first kappa shape index (κ1) is 10.8. The molecule has 2 nitrogen and oxygen atoms in total. The molecule has 0 N–H and O–H groups in total. The van der Waals surface area contributed by atoms with Crippen LogP contribution in [0.15, 0.2) is 42.6 Å². The summed E-state index contributed by atoms with van der Waals surface area (Å²) >= 11 is 5.80. The van der Waals surface area contributed by atoms with Gasteiger partial charge in [-0.05, 0) is 31.2 Å². The molecular formula is C13H10ClNO. The van der Waals surface area contributed by atoms with Crippen LogP contribution in [0.1, 0.15) is 17.3 Å². The molecule has 0 radical (unpaired) electrons. The maximum absolute atomic E-state index is 11.1. The molecule has 0 bridgehead atoms. The van der Waals surface area contributed by atoms with E-state index in [0.29, 0.717) is 10.6 Å². The van der Waals surface area contributed by atoms with E-state index in [4.69, 9.17) is 11.6 Å². The van der Waals surface area contributed by atoms with Gasteiger partial charge in [-0.15, -0.1) is 0 Å². The summed E-state index contributed by atoms with van der Waals surface area (Å²) in [6.45, 7) is 1.53.